The molecule has 1 saturated heterocycles. The molecule has 1 fully saturated rings. The molecule has 0 spiro atoms. The molecule has 7 nitrogen and oxygen atoms in total. The van der Waals surface area contributed by atoms with E-state index < -0.39 is 10.0 Å². The van der Waals surface area contributed by atoms with Gasteiger partial charge in [-0.05, 0) is 43.0 Å². The summed E-state index contributed by atoms with van der Waals surface area (Å²) in [6.07, 6.45) is 3.69. The van der Waals surface area contributed by atoms with Crippen LogP contribution in [0.25, 0.3) is 0 Å². The first-order valence-corrected chi connectivity index (χ1v) is 11.7. The monoisotopic (exact) mass is 449 g/mol. The van der Waals surface area contributed by atoms with Crippen LogP contribution < -0.4 is 15.0 Å². The summed E-state index contributed by atoms with van der Waals surface area (Å²) < 4.78 is 32.8. The Kier molecular flexibility index (Phi) is 5.90. The maximum absolute atomic E-state index is 13.1. The SMILES string of the molecule is CN(Cc1ccc(N2CCCCC2)cc1)S(=O)(=O)c1cc2c(cc1Cl)NC(=O)CO2. The number of nitrogens with one attached hydrogen (secondary N) is 1. The zero-order chi connectivity index (χ0) is 21.3. The summed E-state index contributed by atoms with van der Waals surface area (Å²) in [5.74, 6) is -0.0175. The van der Waals surface area contributed by atoms with Gasteiger partial charge in [-0.25, -0.2) is 8.42 Å². The Bertz CT molecular complexity index is 1050. The summed E-state index contributed by atoms with van der Waals surface area (Å²) >= 11 is 6.23. The van der Waals surface area contributed by atoms with Crippen LogP contribution in [-0.2, 0) is 21.4 Å². The van der Waals surface area contributed by atoms with E-state index in [1.807, 2.05) is 24.3 Å². The summed E-state index contributed by atoms with van der Waals surface area (Å²) in [5, 5.41) is 2.65. The molecular formula is C21H24ClN3O4S. The van der Waals surface area contributed by atoms with Gasteiger partial charge in [0.05, 0.1) is 10.7 Å². The number of hydrogen-bond donors (Lipinski definition) is 1. The normalized spacial score (nSPS) is 16.8. The van der Waals surface area contributed by atoms with Gasteiger partial charge in [0.1, 0.15) is 10.6 Å². The Balaban J connectivity index is 1.51. The second kappa shape index (κ2) is 8.45. The summed E-state index contributed by atoms with van der Waals surface area (Å²) in [4.78, 5) is 13.8. The summed E-state index contributed by atoms with van der Waals surface area (Å²) in [6.45, 7) is 2.18. The third-order valence-corrected chi connectivity index (χ3v) is 7.69. The Labute approximate surface area is 181 Å². The van der Waals surface area contributed by atoms with Crippen molar-refractivity contribution in [2.24, 2.45) is 0 Å². The average molecular weight is 450 g/mol. The standard InChI is InChI=1S/C21H24ClN3O4S/c1-24(13-15-5-7-16(8-6-15)25-9-3-2-4-10-25)30(27,28)20-12-19-18(11-17(20)22)23-21(26)14-29-19/h5-8,11-12H,2-4,9-10,13-14H2,1H3,(H,23,26). The number of halogens is 1. The number of sulfonamides is 1. The molecular weight excluding hydrogens is 426 g/mol. The number of nitrogens with zero attached hydrogens (tertiary/aromatic N) is 2. The first-order valence-electron chi connectivity index (χ1n) is 9.91. The molecule has 2 aromatic carbocycles. The molecule has 9 heteroatoms. The van der Waals surface area contributed by atoms with Gasteiger partial charge >= 0.3 is 0 Å². The van der Waals surface area contributed by atoms with Gasteiger partial charge in [0.2, 0.25) is 10.0 Å². The maximum atomic E-state index is 13.1. The molecule has 0 radical (unpaired) electrons. The van der Waals surface area contributed by atoms with Gasteiger partial charge in [0.25, 0.3) is 5.91 Å². The van der Waals surface area contributed by atoms with Crippen molar-refractivity contribution in [3.05, 3.63) is 47.0 Å². The van der Waals surface area contributed by atoms with Crippen LogP contribution in [-0.4, -0.2) is 45.4 Å². The van der Waals surface area contributed by atoms with Crippen LogP contribution in [0.4, 0.5) is 11.4 Å². The van der Waals surface area contributed by atoms with Crippen LogP contribution in [0.15, 0.2) is 41.3 Å². The summed E-state index contributed by atoms with van der Waals surface area (Å²) in [5.41, 5.74) is 2.42. The highest BCUT2D eigenvalue weighted by atomic mass is 35.5. The molecule has 0 aliphatic carbocycles. The van der Waals surface area contributed by atoms with Crippen molar-refractivity contribution in [3.8, 4) is 5.75 Å². The first-order chi connectivity index (χ1) is 14.3. The van der Waals surface area contributed by atoms with E-state index in [0.29, 0.717) is 5.69 Å². The number of hydrogen-bond acceptors (Lipinski definition) is 5. The molecule has 0 bridgehead atoms. The number of anilines is 2. The summed E-state index contributed by atoms with van der Waals surface area (Å²) in [6, 6.07) is 10.8. The highest BCUT2D eigenvalue weighted by molar-refractivity contribution is 7.89. The number of benzene rings is 2. The number of rotatable bonds is 5. The van der Waals surface area contributed by atoms with Crippen LogP contribution in [0.1, 0.15) is 24.8 Å². The van der Waals surface area contributed by atoms with E-state index in [2.05, 4.69) is 10.2 Å². The van der Waals surface area contributed by atoms with E-state index in [4.69, 9.17) is 16.3 Å². The lowest BCUT2D eigenvalue weighted by Gasteiger charge is -2.29. The van der Waals surface area contributed by atoms with Gasteiger partial charge < -0.3 is 15.0 Å². The van der Waals surface area contributed by atoms with Crippen LogP contribution in [0.3, 0.4) is 0 Å². The predicted octanol–water partition coefficient (Wildman–Crippen LogP) is 3.48. The van der Waals surface area contributed by atoms with E-state index in [1.54, 1.807) is 0 Å². The third kappa shape index (κ3) is 4.26. The number of amides is 1. The second-order valence-corrected chi connectivity index (χ2v) is 10.0. The van der Waals surface area contributed by atoms with Crippen molar-refractivity contribution >= 4 is 38.9 Å². The van der Waals surface area contributed by atoms with Gasteiger partial charge in [0, 0.05) is 38.4 Å². The van der Waals surface area contributed by atoms with Crippen LogP contribution in [0, 0.1) is 0 Å². The van der Waals surface area contributed by atoms with Gasteiger partial charge in [-0.1, -0.05) is 23.7 Å². The number of carbonyl (C=O) groups excluding carboxylic acids is 1. The first kappa shape index (κ1) is 21.0. The lowest BCUT2D eigenvalue weighted by molar-refractivity contribution is -0.118. The molecule has 0 atom stereocenters. The van der Waals surface area contributed by atoms with Crippen LogP contribution in [0.2, 0.25) is 5.02 Å². The molecule has 0 unspecified atom stereocenters. The maximum Gasteiger partial charge on any atom is 0.262 e. The van der Waals surface area contributed by atoms with Crippen LogP contribution in [0.5, 0.6) is 5.75 Å². The van der Waals surface area contributed by atoms with Gasteiger partial charge in [-0.3, -0.25) is 4.79 Å². The molecule has 1 N–H and O–H groups in total. The Morgan fingerprint density at radius 2 is 1.83 bits per heavy atom. The zero-order valence-corrected chi connectivity index (χ0v) is 18.3. The van der Waals surface area contributed by atoms with Crippen molar-refractivity contribution in [1.29, 1.82) is 0 Å². The van der Waals surface area contributed by atoms with E-state index in [9.17, 15) is 13.2 Å². The molecule has 1 amide bonds. The minimum atomic E-state index is -3.85. The highest BCUT2D eigenvalue weighted by Crippen LogP contribution is 2.36. The van der Waals surface area contributed by atoms with Gasteiger partial charge in [-0.2, -0.15) is 4.31 Å². The van der Waals surface area contributed by atoms with Crippen molar-refractivity contribution in [2.75, 3.05) is 37.0 Å². The minimum absolute atomic E-state index is 0.0341. The molecule has 2 aliphatic heterocycles. The number of piperidine rings is 1. The van der Waals surface area contributed by atoms with E-state index >= 15 is 0 Å². The van der Waals surface area contributed by atoms with E-state index in [1.165, 1.54) is 48.4 Å². The number of ether oxygens (including phenoxy) is 1. The fourth-order valence-electron chi connectivity index (χ4n) is 3.75. The van der Waals surface area contributed by atoms with Crippen molar-refractivity contribution in [3.63, 3.8) is 0 Å². The average Bonchev–Trinajstić information content (AvgIpc) is 2.74. The minimum Gasteiger partial charge on any atom is -0.482 e. The largest absolute Gasteiger partial charge is 0.482 e. The van der Waals surface area contributed by atoms with Crippen LogP contribution >= 0.6 is 11.6 Å². The molecule has 30 heavy (non-hydrogen) atoms. The topological polar surface area (TPSA) is 79.0 Å². The fourth-order valence-corrected chi connectivity index (χ4v) is 5.43. The van der Waals surface area contributed by atoms with Crippen molar-refractivity contribution in [1.82, 2.24) is 4.31 Å². The lowest BCUT2D eigenvalue weighted by Crippen LogP contribution is -2.29. The van der Waals surface area contributed by atoms with Gasteiger partial charge in [-0.15, -0.1) is 0 Å². The van der Waals surface area contributed by atoms with Crippen molar-refractivity contribution < 1.29 is 17.9 Å². The van der Waals surface area contributed by atoms with Crippen molar-refractivity contribution in [2.45, 2.75) is 30.7 Å². The number of fused-ring (bicyclic) bond motifs is 1. The molecule has 0 saturated carbocycles. The molecule has 0 aromatic heterocycles. The molecule has 2 aliphatic rings. The summed E-state index contributed by atoms with van der Waals surface area (Å²) in [7, 11) is -2.33. The molecule has 2 aromatic rings. The Hall–Kier alpha value is -2.29. The molecule has 4 rings (SSSR count). The van der Waals surface area contributed by atoms with E-state index in [0.717, 1.165) is 18.7 Å². The smallest absolute Gasteiger partial charge is 0.262 e. The highest BCUT2D eigenvalue weighted by Gasteiger charge is 2.28. The predicted molar refractivity (Wildman–Crippen MR) is 117 cm³/mol. The molecule has 160 valence electrons. The fraction of sp³-hybridized carbons (Fsp3) is 0.381. The quantitative estimate of drug-likeness (QED) is 0.756. The van der Waals surface area contributed by atoms with E-state index in [-0.39, 0.29) is 34.7 Å². The Morgan fingerprint density at radius 3 is 2.53 bits per heavy atom. The van der Waals surface area contributed by atoms with Gasteiger partial charge in [0.15, 0.2) is 6.61 Å². The number of carbonyl (C=O) groups is 1. The molecule has 2 heterocycles. The lowest BCUT2D eigenvalue weighted by atomic mass is 10.1. The second-order valence-electron chi connectivity index (χ2n) is 7.59. The third-order valence-electron chi connectivity index (χ3n) is 5.42. The Morgan fingerprint density at radius 1 is 1.13 bits per heavy atom. The zero-order valence-electron chi connectivity index (χ0n) is 16.7.